The Morgan fingerprint density at radius 1 is 1.11 bits per heavy atom. The van der Waals surface area contributed by atoms with Crippen molar-refractivity contribution in [3.05, 3.63) is 60.6 Å². The number of aromatic nitrogens is 2. The Hall–Kier alpha value is -2.87. The molecule has 0 saturated carbocycles. The molecule has 1 aliphatic heterocycles. The number of benzene rings is 1. The topological polar surface area (TPSA) is 97.1 Å². The second-order valence-corrected chi connectivity index (χ2v) is 8.73. The molecule has 1 atom stereocenters. The number of nitrogens with zero attached hydrogens (tertiary/aromatic N) is 2. The van der Waals surface area contributed by atoms with Gasteiger partial charge in [-0.25, -0.2) is 13.4 Å². The summed E-state index contributed by atoms with van der Waals surface area (Å²) in [6.45, 7) is 0.461. The van der Waals surface area contributed by atoms with Crippen LogP contribution in [0.4, 0.5) is 11.8 Å². The molecule has 0 bridgehead atoms. The largest absolute Gasteiger partial charge is 0.467 e. The Bertz CT molecular complexity index is 1000. The van der Waals surface area contributed by atoms with Gasteiger partial charge in [0.15, 0.2) is 9.84 Å². The molecule has 1 saturated heterocycles. The van der Waals surface area contributed by atoms with Crippen LogP contribution in [0.3, 0.4) is 0 Å². The quantitative estimate of drug-likeness (QED) is 0.674. The first-order valence-electron chi connectivity index (χ1n) is 8.75. The van der Waals surface area contributed by atoms with E-state index < -0.39 is 9.84 Å². The zero-order chi connectivity index (χ0) is 18.7. The number of nitrogens with one attached hydrogen (secondary N) is 2. The molecule has 1 unspecified atom stereocenters. The lowest BCUT2D eigenvalue weighted by Crippen LogP contribution is -2.21. The molecular weight excluding hydrogens is 364 g/mol. The molecule has 0 aliphatic carbocycles. The van der Waals surface area contributed by atoms with E-state index in [0.717, 1.165) is 17.0 Å². The van der Waals surface area contributed by atoms with E-state index in [1.807, 2.05) is 48.5 Å². The molecular formula is C19H20N4O3S. The molecule has 3 heterocycles. The van der Waals surface area contributed by atoms with Crippen LogP contribution in [0.1, 0.15) is 12.2 Å². The average Bonchev–Trinajstić information content (AvgIpc) is 3.30. The Morgan fingerprint density at radius 2 is 1.96 bits per heavy atom. The zero-order valence-corrected chi connectivity index (χ0v) is 15.4. The maximum absolute atomic E-state index is 11.7. The summed E-state index contributed by atoms with van der Waals surface area (Å²) >= 11 is 0. The summed E-state index contributed by atoms with van der Waals surface area (Å²) < 4.78 is 28.8. The predicted octanol–water partition coefficient (Wildman–Crippen LogP) is 2.95. The van der Waals surface area contributed by atoms with E-state index in [0.29, 0.717) is 24.7 Å². The lowest BCUT2D eigenvalue weighted by atomic mass is 10.1. The molecule has 0 spiro atoms. The van der Waals surface area contributed by atoms with Gasteiger partial charge < -0.3 is 15.1 Å². The van der Waals surface area contributed by atoms with Gasteiger partial charge in [-0.15, -0.1) is 0 Å². The maximum atomic E-state index is 11.7. The van der Waals surface area contributed by atoms with Crippen LogP contribution in [0.25, 0.3) is 11.3 Å². The minimum absolute atomic E-state index is 0.132. The molecule has 0 amide bonds. The van der Waals surface area contributed by atoms with Gasteiger partial charge in [-0.2, -0.15) is 4.98 Å². The van der Waals surface area contributed by atoms with E-state index in [1.165, 1.54) is 0 Å². The van der Waals surface area contributed by atoms with Gasteiger partial charge >= 0.3 is 0 Å². The molecule has 1 aromatic carbocycles. The van der Waals surface area contributed by atoms with Crippen LogP contribution in [0.5, 0.6) is 0 Å². The third-order valence-electron chi connectivity index (χ3n) is 4.38. The molecule has 4 rings (SSSR count). The summed E-state index contributed by atoms with van der Waals surface area (Å²) in [4.78, 5) is 9.08. The Morgan fingerprint density at radius 3 is 2.67 bits per heavy atom. The van der Waals surface area contributed by atoms with Crippen molar-refractivity contribution in [2.75, 3.05) is 22.1 Å². The number of rotatable bonds is 6. The molecule has 27 heavy (non-hydrogen) atoms. The van der Waals surface area contributed by atoms with Gasteiger partial charge in [0.25, 0.3) is 0 Å². The summed E-state index contributed by atoms with van der Waals surface area (Å²) in [6, 6.07) is 15.2. The first-order valence-corrected chi connectivity index (χ1v) is 10.6. The smallest absolute Gasteiger partial charge is 0.225 e. The maximum Gasteiger partial charge on any atom is 0.225 e. The zero-order valence-electron chi connectivity index (χ0n) is 14.6. The van der Waals surface area contributed by atoms with Crippen molar-refractivity contribution >= 4 is 21.6 Å². The number of anilines is 2. The van der Waals surface area contributed by atoms with Gasteiger partial charge in [-0.05, 0) is 18.6 Å². The van der Waals surface area contributed by atoms with Crippen LogP contribution < -0.4 is 10.6 Å². The summed E-state index contributed by atoms with van der Waals surface area (Å²) in [7, 11) is -2.96. The fourth-order valence-electron chi connectivity index (χ4n) is 3.05. The third kappa shape index (κ3) is 4.46. The van der Waals surface area contributed by atoms with E-state index in [1.54, 1.807) is 6.26 Å². The van der Waals surface area contributed by atoms with Crippen molar-refractivity contribution in [3.63, 3.8) is 0 Å². The van der Waals surface area contributed by atoms with Crippen LogP contribution in [0.15, 0.2) is 59.2 Å². The molecule has 8 heteroatoms. The molecule has 2 aromatic heterocycles. The third-order valence-corrected chi connectivity index (χ3v) is 6.15. The Balaban J connectivity index is 1.60. The summed E-state index contributed by atoms with van der Waals surface area (Å²) in [5.74, 6) is 2.18. The van der Waals surface area contributed by atoms with E-state index in [4.69, 9.17) is 4.42 Å². The van der Waals surface area contributed by atoms with Crippen molar-refractivity contribution < 1.29 is 12.8 Å². The first kappa shape index (κ1) is 17.5. The molecule has 7 nitrogen and oxygen atoms in total. The van der Waals surface area contributed by atoms with Crippen molar-refractivity contribution in [3.8, 4) is 11.3 Å². The molecule has 140 valence electrons. The highest BCUT2D eigenvalue weighted by Gasteiger charge is 2.28. The van der Waals surface area contributed by atoms with Crippen molar-refractivity contribution in [1.82, 2.24) is 9.97 Å². The van der Waals surface area contributed by atoms with Crippen LogP contribution in [-0.4, -0.2) is 35.9 Å². The molecule has 0 radical (unpaired) electrons. The predicted molar refractivity (Wildman–Crippen MR) is 104 cm³/mol. The number of hydrogen-bond donors (Lipinski definition) is 2. The monoisotopic (exact) mass is 384 g/mol. The van der Waals surface area contributed by atoms with Gasteiger partial charge in [0.1, 0.15) is 11.6 Å². The van der Waals surface area contributed by atoms with Crippen molar-refractivity contribution in [2.45, 2.75) is 19.0 Å². The van der Waals surface area contributed by atoms with Crippen LogP contribution in [-0.2, 0) is 16.4 Å². The van der Waals surface area contributed by atoms with Gasteiger partial charge in [0, 0.05) is 17.7 Å². The Labute approximate surface area is 157 Å². The highest BCUT2D eigenvalue weighted by Crippen LogP contribution is 2.23. The van der Waals surface area contributed by atoms with Crippen LogP contribution in [0.2, 0.25) is 0 Å². The van der Waals surface area contributed by atoms with Crippen molar-refractivity contribution in [2.24, 2.45) is 0 Å². The normalized spacial score (nSPS) is 18.3. The second kappa shape index (κ2) is 7.40. The van der Waals surface area contributed by atoms with Gasteiger partial charge in [0.2, 0.25) is 5.95 Å². The number of hydrogen-bond acceptors (Lipinski definition) is 7. The van der Waals surface area contributed by atoms with Gasteiger partial charge in [-0.1, -0.05) is 30.3 Å². The SMILES string of the molecule is O=S1(=O)CCC(Nc2cc(-c3ccccc3)nc(NCc3ccco3)n2)C1. The second-order valence-electron chi connectivity index (χ2n) is 6.51. The summed E-state index contributed by atoms with van der Waals surface area (Å²) in [5.41, 5.74) is 1.72. The minimum atomic E-state index is -2.96. The lowest BCUT2D eigenvalue weighted by molar-refractivity contribution is 0.517. The Kier molecular flexibility index (Phi) is 4.81. The average molecular weight is 384 g/mol. The highest BCUT2D eigenvalue weighted by molar-refractivity contribution is 7.91. The highest BCUT2D eigenvalue weighted by atomic mass is 32.2. The fraction of sp³-hybridized carbons (Fsp3) is 0.263. The van der Waals surface area contributed by atoms with E-state index in [2.05, 4.69) is 20.6 Å². The van der Waals surface area contributed by atoms with Crippen molar-refractivity contribution in [1.29, 1.82) is 0 Å². The fourth-order valence-corrected chi connectivity index (χ4v) is 4.73. The number of sulfone groups is 1. The number of furan rings is 1. The first-order chi connectivity index (χ1) is 13.1. The minimum Gasteiger partial charge on any atom is -0.467 e. The molecule has 2 N–H and O–H groups in total. The van der Waals surface area contributed by atoms with E-state index in [-0.39, 0.29) is 17.5 Å². The van der Waals surface area contributed by atoms with Gasteiger partial charge in [-0.3, -0.25) is 0 Å². The van der Waals surface area contributed by atoms with Crippen LogP contribution in [0, 0.1) is 0 Å². The molecule has 1 fully saturated rings. The van der Waals surface area contributed by atoms with E-state index in [9.17, 15) is 8.42 Å². The van der Waals surface area contributed by atoms with Gasteiger partial charge in [0.05, 0.1) is 30.0 Å². The van der Waals surface area contributed by atoms with Crippen LogP contribution >= 0.6 is 0 Å². The molecule has 1 aliphatic rings. The summed E-state index contributed by atoms with van der Waals surface area (Å²) in [5, 5.41) is 6.41. The molecule has 3 aromatic rings. The van der Waals surface area contributed by atoms with E-state index >= 15 is 0 Å². The lowest BCUT2D eigenvalue weighted by Gasteiger charge is -2.14. The standard InChI is InChI=1S/C19H20N4O3S/c24-27(25)10-8-15(13-27)21-18-11-17(14-5-2-1-3-6-14)22-19(23-18)20-12-16-7-4-9-26-16/h1-7,9,11,15H,8,10,12-13H2,(H2,20,21,22,23). The summed E-state index contributed by atoms with van der Waals surface area (Å²) in [6.07, 6.45) is 2.20.